The molecule has 2 N–H and O–H groups in total. The van der Waals surface area contributed by atoms with Gasteiger partial charge in [0.2, 0.25) is 0 Å². The number of carbonyl (C=O) groups is 1. The van der Waals surface area contributed by atoms with Gasteiger partial charge in [0.25, 0.3) is 0 Å². The van der Waals surface area contributed by atoms with Crippen LogP contribution in [0.2, 0.25) is 0 Å². The lowest BCUT2D eigenvalue weighted by Gasteiger charge is -2.47. The van der Waals surface area contributed by atoms with Crippen molar-refractivity contribution in [1.82, 2.24) is 0 Å². The number of ether oxygens (including phenoxy) is 1. The fourth-order valence-electron chi connectivity index (χ4n) is 6.43. The van der Waals surface area contributed by atoms with E-state index >= 15 is 0 Å². The minimum atomic E-state index is -0.232. The Morgan fingerprint density at radius 1 is 1.23 bits per heavy atom. The van der Waals surface area contributed by atoms with Gasteiger partial charge < -0.3 is 10.5 Å². The maximum Gasteiger partial charge on any atom is 0.309 e. The highest BCUT2D eigenvalue weighted by atomic mass is 19.1. The van der Waals surface area contributed by atoms with Gasteiger partial charge in [-0.1, -0.05) is 30.4 Å². The van der Waals surface area contributed by atoms with E-state index in [2.05, 4.69) is 18.2 Å². The van der Waals surface area contributed by atoms with E-state index in [1.54, 1.807) is 12.1 Å². The normalized spacial score (nSPS) is 39.7. The molecule has 0 amide bonds. The number of halogens is 1. The molecule has 1 aromatic rings. The summed E-state index contributed by atoms with van der Waals surface area (Å²) in [6.07, 6.45) is 13.4. The number of aliphatic imine (C=N–C) groups is 1. The number of nitrogens with zero attached hydrogens (tertiary/aromatic N) is 1. The van der Waals surface area contributed by atoms with Gasteiger partial charge in [0.05, 0.1) is 12.0 Å². The highest BCUT2D eigenvalue weighted by molar-refractivity contribution is 6.10. The molecule has 0 radical (unpaired) electrons. The fourth-order valence-corrected chi connectivity index (χ4v) is 6.43. The molecule has 2 saturated carbocycles. The molecule has 0 spiro atoms. The highest BCUT2D eigenvalue weighted by Crippen LogP contribution is 2.53. The smallest absolute Gasteiger partial charge is 0.309 e. The van der Waals surface area contributed by atoms with Gasteiger partial charge in [0, 0.05) is 18.2 Å². The van der Waals surface area contributed by atoms with Gasteiger partial charge in [-0.3, -0.25) is 9.79 Å². The Balaban J connectivity index is 1.33. The lowest BCUT2D eigenvalue weighted by Crippen LogP contribution is -2.46. The van der Waals surface area contributed by atoms with E-state index in [-0.39, 0.29) is 41.8 Å². The van der Waals surface area contributed by atoms with Gasteiger partial charge in [-0.25, -0.2) is 4.39 Å². The molecule has 3 fully saturated rings. The molecule has 4 nitrogen and oxygen atoms in total. The fraction of sp³-hybridized carbons (Fsp3) is 0.538. The molecule has 5 heteroatoms. The van der Waals surface area contributed by atoms with Gasteiger partial charge >= 0.3 is 5.97 Å². The first-order valence-corrected chi connectivity index (χ1v) is 11.6. The van der Waals surface area contributed by atoms with E-state index in [0.717, 1.165) is 43.2 Å². The molecule has 8 atom stereocenters. The summed E-state index contributed by atoms with van der Waals surface area (Å²) in [7, 11) is 0. The third-order valence-electron chi connectivity index (χ3n) is 7.89. The summed E-state index contributed by atoms with van der Waals surface area (Å²) in [5.74, 6) is 1.42. The molecule has 5 rings (SSSR count). The standard InChI is InChI=1S/C26H31FN2O2/c1-15-25-23(22-9-6-20(28)12-18(22)13-24(25)26(30)31-15)10-8-21-7-5-17(14-29-21)16-3-2-4-19(27)11-16/h2-5,8,10-11,14-15,18,20-25H,6-7,9,12-13,28H2,1H3/b10-8+/t15-,18+,20-,21?,22?,23?,24-,25+/m1/s1. The zero-order valence-electron chi connectivity index (χ0n) is 18.0. The Kier molecular flexibility index (Phi) is 5.55. The van der Waals surface area contributed by atoms with Crippen LogP contribution in [0.4, 0.5) is 4.39 Å². The molecule has 0 bridgehead atoms. The van der Waals surface area contributed by atoms with E-state index in [1.165, 1.54) is 6.07 Å². The number of hydrogen-bond donors (Lipinski definition) is 1. The summed E-state index contributed by atoms with van der Waals surface area (Å²) in [6, 6.07) is 6.97. The van der Waals surface area contributed by atoms with Crippen LogP contribution in [0.3, 0.4) is 0 Å². The zero-order chi connectivity index (χ0) is 21.5. The monoisotopic (exact) mass is 422 g/mol. The first-order valence-electron chi connectivity index (χ1n) is 11.6. The number of esters is 1. The second-order valence-corrected chi connectivity index (χ2v) is 9.77. The number of carbonyl (C=O) groups excluding carboxylic acids is 1. The number of allylic oxidation sites excluding steroid dienone is 2. The van der Waals surface area contributed by atoms with Crippen molar-refractivity contribution in [2.24, 2.45) is 40.3 Å². The summed E-state index contributed by atoms with van der Waals surface area (Å²) in [6.45, 7) is 2.05. The molecule has 3 unspecified atom stereocenters. The van der Waals surface area contributed by atoms with Gasteiger partial charge in [-0.05, 0) is 80.1 Å². The first-order chi connectivity index (χ1) is 15.0. The SMILES string of the molecule is C[C@H]1OC(=O)[C@@H]2C[C@@H]3C[C@H](N)CCC3C(/C=C/C3CC=C(c4cccc(F)c4)C=N3)[C@H]12. The number of nitrogens with two attached hydrogens (primary N) is 1. The van der Waals surface area contributed by atoms with Crippen LogP contribution in [-0.4, -0.2) is 30.4 Å². The van der Waals surface area contributed by atoms with E-state index in [4.69, 9.17) is 15.5 Å². The van der Waals surface area contributed by atoms with Crippen molar-refractivity contribution in [3.63, 3.8) is 0 Å². The molecule has 164 valence electrons. The predicted molar refractivity (Wildman–Crippen MR) is 120 cm³/mol. The van der Waals surface area contributed by atoms with Crippen molar-refractivity contribution in [2.75, 3.05) is 0 Å². The second-order valence-electron chi connectivity index (χ2n) is 9.77. The third-order valence-corrected chi connectivity index (χ3v) is 7.89. The van der Waals surface area contributed by atoms with Crippen molar-refractivity contribution in [3.05, 3.63) is 53.9 Å². The van der Waals surface area contributed by atoms with Crippen molar-refractivity contribution >= 4 is 17.8 Å². The average Bonchev–Trinajstić information content (AvgIpc) is 3.04. The molecule has 2 heterocycles. The average molecular weight is 423 g/mol. The van der Waals surface area contributed by atoms with Crippen LogP contribution >= 0.6 is 0 Å². The maximum absolute atomic E-state index is 13.5. The van der Waals surface area contributed by atoms with Crippen molar-refractivity contribution < 1.29 is 13.9 Å². The Bertz CT molecular complexity index is 939. The molecule has 2 aliphatic carbocycles. The van der Waals surface area contributed by atoms with Crippen LogP contribution < -0.4 is 5.73 Å². The Labute approximate surface area is 183 Å². The van der Waals surface area contributed by atoms with E-state index in [1.807, 2.05) is 19.2 Å². The van der Waals surface area contributed by atoms with Crippen LogP contribution in [0.5, 0.6) is 0 Å². The third kappa shape index (κ3) is 4.00. The lowest BCUT2D eigenvalue weighted by molar-refractivity contribution is -0.144. The predicted octanol–water partition coefficient (Wildman–Crippen LogP) is 4.55. The van der Waals surface area contributed by atoms with Crippen LogP contribution in [0, 0.1) is 35.4 Å². The number of fused-ring (bicyclic) bond motifs is 2. The van der Waals surface area contributed by atoms with Crippen LogP contribution in [0.15, 0.2) is 47.5 Å². The van der Waals surface area contributed by atoms with E-state index < -0.39 is 0 Å². The maximum atomic E-state index is 13.5. The van der Waals surface area contributed by atoms with E-state index in [0.29, 0.717) is 17.8 Å². The van der Waals surface area contributed by atoms with Gasteiger partial charge in [-0.15, -0.1) is 0 Å². The van der Waals surface area contributed by atoms with Crippen molar-refractivity contribution in [3.8, 4) is 0 Å². The van der Waals surface area contributed by atoms with Crippen molar-refractivity contribution in [1.29, 1.82) is 0 Å². The summed E-state index contributed by atoms with van der Waals surface area (Å²) >= 11 is 0. The topological polar surface area (TPSA) is 64.7 Å². The molecular formula is C26H31FN2O2. The highest BCUT2D eigenvalue weighted by Gasteiger charge is 2.54. The summed E-state index contributed by atoms with van der Waals surface area (Å²) in [4.78, 5) is 17.2. The number of hydrogen-bond acceptors (Lipinski definition) is 4. The number of benzene rings is 1. The summed E-state index contributed by atoms with van der Waals surface area (Å²) in [5.41, 5.74) is 8.09. The quantitative estimate of drug-likeness (QED) is 0.574. The van der Waals surface area contributed by atoms with Gasteiger partial charge in [0.15, 0.2) is 0 Å². The molecule has 1 saturated heterocycles. The Hall–Kier alpha value is -2.27. The summed E-state index contributed by atoms with van der Waals surface area (Å²) in [5, 5.41) is 0. The number of cyclic esters (lactones) is 1. The van der Waals surface area contributed by atoms with Crippen molar-refractivity contribution in [2.45, 2.75) is 57.2 Å². The Morgan fingerprint density at radius 3 is 2.87 bits per heavy atom. The molecule has 31 heavy (non-hydrogen) atoms. The molecular weight excluding hydrogens is 391 g/mol. The number of rotatable bonds is 3. The Morgan fingerprint density at radius 2 is 2.10 bits per heavy atom. The second kappa shape index (κ2) is 8.34. The minimum absolute atomic E-state index is 0.00512. The van der Waals surface area contributed by atoms with Crippen LogP contribution in [-0.2, 0) is 9.53 Å². The molecule has 0 aromatic heterocycles. The van der Waals surface area contributed by atoms with Crippen LogP contribution in [0.1, 0.15) is 44.6 Å². The lowest BCUT2D eigenvalue weighted by atomic mass is 9.57. The van der Waals surface area contributed by atoms with Crippen LogP contribution in [0.25, 0.3) is 5.57 Å². The van der Waals surface area contributed by atoms with E-state index in [9.17, 15) is 9.18 Å². The van der Waals surface area contributed by atoms with Gasteiger partial charge in [-0.2, -0.15) is 0 Å². The first kappa shape index (κ1) is 20.6. The largest absolute Gasteiger partial charge is 0.462 e. The number of dihydropyridines is 1. The molecule has 4 aliphatic rings. The molecule has 1 aromatic carbocycles. The van der Waals surface area contributed by atoms with Gasteiger partial charge in [0.1, 0.15) is 11.9 Å². The molecule has 2 aliphatic heterocycles. The summed E-state index contributed by atoms with van der Waals surface area (Å²) < 4.78 is 19.2. The zero-order valence-corrected chi connectivity index (χ0v) is 18.0. The minimum Gasteiger partial charge on any atom is -0.462 e.